The molecule has 2 aliphatic heterocycles. The number of hydrogen-bond donors (Lipinski definition) is 0. The zero-order valence-electron chi connectivity index (χ0n) is 20.4. The molecule has 1 aromatic carbocycles. The Kier molecular flexibility index (Phi) is 6.14. The number of carbonyl (C=O) groups excluding carboxylic acids is 2. The fraction of sp³-hybridized carbons (Fsp3) is 0.286. The van der Waals surface area contributed by atoms with Gasteiger partial charge in [0.25, 0.3) is 5.91 Å². The molecule has 0 aliphatic carbocycles. The summed E-state index contributed by atoms with van der Waals surface area (Å²) in [6.45, 7) is 1.83. The number of ether oxygens (including phenoxy) is 1. The summed E-state index contributed by atoms with van der Waals surface area (Å²) in [5.41, 5.74) is 4.18. The van der Waals surface area contributed by atoms with Crippen molar-refractivity contribution in [2.75, 3.05) is 20.2 Å². The lowest BCUT2D eigenvalue weighted by Gasteiger charge is -2.49. The first kappa shape index (κ1) is 23.6. The average molecular weight is 516 g/mol. The van der Waals surface area contributed by atoms with Gasteiger partial charge in [-0.2, -0.15) is 0 Å². The predicted molar refractivity (Wildman–Crippen MR) is 140 cm³/mol. The Labute approximate surface area is 219 Å². The maximum absolute atomic E-state index is 13.5. The van der Waals surface area contributed by atoms with Gasteiger partial charge < -0.3 is 14.0 Å². The van der Waals surface area contributed by atoms with E-state index in [0.29, 0.717) is 49.1 Å². The van der Waals surface area contributed by atoms with Crippen LogP contribution in [-0.2, 0) is 11.3 Å². The first-order valence-electron chi connectivity index (χ1n) is 12.3. The van der Waals surface area contributed by atoms with E-state index in [1.54, 1.807) is 18.2 Å². The van der Waals surface area contributed by atoms with E-state index in [2.05, 4.69) is 14.3 Å². The van der Waals surface area contributed by atoms with Gasteiger partial charge in [-0.15, -0.1) is 0 Å². The van der Waals surface area contributed by atoms with Crippen LogP contribution in [0.15, 0.2) is 66.9 Å². The van der Waals surface area contributed by atoms with Gasteiger partial charge in [0.1, 0.15) is 17.1 Å². The Balaban J connectivity index is 1.30. The molecular formula is C28H26ClN5O3. The van der Waals surface area contributed by atoms with E-state index in [0.717, 1.165) is 22.6 Å². The number of benzene rings is 1. The van der Waals surface area contributed by atoms with Crippen molar-refractivity contribution < 1.29 is 14.3 Å². The number of piperazine rings is 1. The standard InChI is InChI=1S/C28H26ClN5O3/c1-37-26-7-4-5-23(30-26)28(36)34-20-13-22(35)14-21(34)16-32(15-20)17-24-27(18-8-10-19(29)11-9-18)31-25-6-2-3-12-33(24)25/h2-12,20-21H,13-17H2,1H3. The number of ketones is 1. The summed E-state index contributed by atoms with van der Waals surface area (Å²) in [5, 5.41) is 0.679. The molecule has 0 N–H and O–H groups in total. The number of rotatable bonds is 5. The van der Waals surface area contributed by atoms with Crippen LogP contribution in [0.1, 0.15) is 29.0 Å². The van der Waals surface area contributed by atoms with Crippen LogP contribution in [0.2, 0.25) is 5.02 Å². The summed E-state index contributed by atoms with van der Waals surface area (Å²) in [6, 6.07) is 18.4. The van der Waals surface area contributed by atoms with Crippen molar-refractivity contribution in [2.24, 2.45) is 0 Å². The van der Waals surface area contributed by atoms with Gasteiger partial charge in [0.15, 0.2) is 0 Å². The smallest absolute Gasteiger partial charge is 0.273 e. The van der Waals surface area contributed by atoms with Gasteiger partial charge in [-0.3, -0.25) is 14.5 Å². The van der Waals surface area contributed by atoms with E-state index < -0.39 is 0 Å². The predicted octanol–water partition coefficient (Wildman–Crippen LogP) is 4.12. The normalized spacial score (nSPS) is 19.8. The number of fused-ring (bicyclic) bond motifs is 3. The van der Waals surface area contributed by atoms with E-state index in [-0.39, 0.29) is 23.8 Å². The number of imidazole rings is 1. The van der Waals surface area contributed by atoms with Gasteiger partial charge in [0.05, 0.1) is 30.6 Å². The fourth-order valence-corrected chi connectivity index (χ4v) is 5.69. The average Bonchev–Trinajstić information content (AvgIpc) is 3.26. The van der Waals surface area contributed by atoms with Gasteiger partial charge in [0.2, 0.25) is 5.88 Å². The van der Waals surface area contributed by atoms with Crippen LogP contribution in [0, 0.1) is 0 Å². The molecule has 3 aromatic heterocycles. The Morgan fingerprint density at radius 3 is 2.49 bits per heavy atom. The van der Waals surface area contributed by atoms with Gasteiger partial charge >= 0.3 is 0 Å². The summed E-state index contributed by atoms with van der Waals surface area (Å²) in [6.07, 6.45) is 2.72. The molecule has 2 atom stereocenters. The van der Waals surface area contributed by atoms with Gasteiger partial charge in [-0.1, -0.05) is 35.9 Å². The summed E-state index contributed by atoms with van der Waals surface area (Å²) in [4.78, 5) is 39.5. The highest BCUT2D eigenvalue weighted by Crippen LogP contribution is 2.32. The number of pyridine rings is 2. The third-order valence-electron chi connectivity index (χ3n) is 7.16. The number of aromatic nitrogens is 3. The molecule has 1 amide bonds. The molecule has 4 aromatic rings. The maximum atomic E-state index is 13.5. The van der Waals surface area contributed by atoms with Crippen LogP contribution in [0.5, 0.6) is 5.88 Å². The monoisotopic (exact) mass is 515 g/mol. The molecule has 0 saturated carbocycles. The lowest BCUT2D eigenvalue weighted by atomic mass is 9.89. The highest BCUT2D eigenvalue weighted by atomic mass is 35.5. The molecule has 37 heavy (non-hydrogen) atoms. The van der Waals surface area contributed by atoms with Crippen molar-refractivity contribution in [2.45, 2.75) is 31.5 Å². The van der Waals surface area contributed by atoms with E-state index in [4.69, 9.17) is 21.3 Å². The number of carbonyl (C=O) groups is 2. The van der Waals surface area contributed by atoms with Crippen molar-refractivity contribution in [1.29, 1.82) is 0 Å². The number of halogens is 1. The molecule has 2 unspecified atom stereocenters. The third kappa shape index (κ3) is 4.47. The molecule has 0 radical (unpaired) electrons. The largest absolute Gasteiger partial charge is 0.481 e. The third-order valence-corrected chi connectivity index (χ3v) is 7.41. The molecule has 5 heterocycles. The lowest BCUT2D eigenvalue weighted by molar-refractivity contribution is -0.127. The number of hydrogen-bond acceptors (Lipinski definition) is 6. The molecule has 9 heteroatoms. The number of likely N-dealkylation sites (tertiary alicyclic amines) is 1. The van der Waals surface area contributed by atoms with Crippen molar-refractivity contribution in [3.63, 3.8) is 0 Å². The summed E-state index contributed by atoms with van der Waals surface area (Å²) in [7, 11) is 1.53. The van der Waals surface area contributed by atoms with Gasteiger partial charge in [-0.05, 0) is 30.3 Å². The minimum absolute atomic E-state index is 0.155. The highest BCUT2D eigenvalue weighted by Gasteiger charge is 2.43. The first-order valence-corrected chi connectivity index (χ1v) is 12.7. The van der Waals surface area contributed by atoms with Crippen LogP contribution in [0.4, 0.5) is 0 Å². The maximum Gasteiger partial charge on any atom is 0.273 e. The van der Waals surface area contributed by atoms with Crippen molar-refractivity contribution in [3.05, 3.63) is 83.3 Å². The van der Waals surface area contributed by atoms with Crippen LogP contribution in [-0.4, -0.2) is 68.1 Å². The minimum Gasteiger partial charge on any atom is -0.481 e. The number of piperidine rings is 1. The fourth-order valence-electron chi connectivity index (χ4n) is 5.57. The molecule has 2 bridgehead atoms. The number of Topliss-reactive ketones (excluding diaryl/α,β-unsaturated/α-hetero) is 1. The minimum atomic E-state index is -0.210. The van der Waals surface area contributed by atoms with Crippen LogP contribution >= 0.6 is 11.6 Å². The SMILES string of the molecule is COc1cccc(C(=O)N2C3CC(=O)CC2CN(Cc2c(-c4ccc(Cl)cc4)nc4ccccn24)C3)n1. The second-order valence-electron chi connectivity index (χ2n) is 9.57. The van der Waals surface area contributed by atoms with E-state index >= 15 is 0 Å². The van der Waals surface area contributed by atoms with E-state index in [1.807, 2.05) is 53.6 Å². The second kappa shape index (κ2) is 9.61. The van der Waals surface area contributed by atoms with Crippen molar-refractivity contribution in [1.82, 2.24) is 24.2 Å². The number of methoxy groups -OCH3 is 1. The topological polar surface area (TPSA) is 80.0 Å². The first-order chi connectivity index (χ1) is 18.0. The summed E-state index contributed by atoms with van der Waals surface area (Å²) in [5.74, 6) is 0.444. The Morgan fingerprint density at radius 1 is 1.00 bits per heavy atom. The Morgan fingerprint density at radius 2 is 1.76 bits per heavy atom. The second-order valence-corrected chi connectivity index (χ2v) is 10.0. The van der Waals surface area contributed by atoms with Crippen LogP contribution in [0.3, 0.4) is 0 Å². The molecule has 2 saturated heterocycles. The quantitative estimate of drug-likeness (QED) is 0.398. The molecule has 188 valence electrons. The number of nitrogens with zero attached hydrogens (tertiary/aromatic N) is 5. The Bertz CT molecular complexity index is 1470. The van der Waals surface area contributed by atoms with E-state index in [9.17, 15) is 9.59 Å². The molecule has 0 spiro atoms. The number of amides is 1. The molecule has 2 fully saturated rings. The summed E-state index contributed by atoms with van der Waals surface area (Å²) >= 11 is 6.13. The molecule has 8 nitrogen and oxygen atoms in total. The van der Waals surface area contributed by atoms with Crippen molar-refractivity contribution >= 4 is 28.9 Å². The van der Waals surface area contributed by atoms with Crippen molar-refractivity contribution in [3.8, 4) is 17.1 Å². The molecule has 6 rings (SSSR count). The highest BCUT2D eigenvalue weighted by molar-refractivity contribution is 6.30. The molecule has 2 aliphatic rings. The van der Waals surface area contributed by atoms with Crippen LogP contribution in [0.25, 0.3) is 16.9 Å². The van der Waals surface area contributed by atoms with Gasteiger partial charge in [-0.25, -0.2) is 9.97 Å². The van der Waals surface area contributed by atoms with Crippen LogP contribution < -0.4 is 4.74 Å². The summed E-state index contributed by atoms with van der Waals surface area (Å²) < 4.78 is 7.32. The zero-order valence-corrected chi connectivity index (χ0v) is 21.1. The lowest BCUT2D eigenvalue weighted by Crippen LogP contribution is -2.64. The zero-order chi connectivity index (χ0) is 25.5. The Hall–Kier alpha value is -3.75. The van der Waals surface area contributed by atoms with Gasteiger partial charge in [0, 0.05) is 55.3 Å². The molecular weight excluding hydrogens is 490 g/mol. The van der Waals surface area contributed by atoms with E-state index in [1.165, 1.54) is 7.11 Å².